The molecule has 0 saturated carbocycles. The summed E-state index contributed by atoms with van der Waals surface area (Å²) >= 11 is 0. The minimum atomic E-state index is -4.27. The molecular formula is C12H22O6PS. The van der Waals surface area contributed by atoms with Gasteiger partial charge in [0.15, 0.2) is 0 Å². The predicted octanol–water partition coefficient (Wildman–Crippen LogP) is 2.29. The predicted molar refractivity (Wildman–Crippen MR) is 78.8 cm³/mol. The first-order valence-corrected chi connectivity index (χ1v) is 9.82. The van der Waals surface area contributed by atoms with Crippen molar-refractivity contribution in [2.24, 2.45) is 0 Å². The van der Waals surface area contributed by atoms with Gasteiger partial charge in [0, 0.05) is 0 Å². The molecule has 0 aliphatic carbocycles. The molecule has 1 aromatic rings. The van der Waals surface area contributed by atoms with Gasteiger partial charge in [-0.05, 0) is 19.1 Å². The third-order valence-corrected chi connectivity index (χ3v) is 4.63. The summed E-state index contributed by atoms with van der Waals surface area (Å²) in [7, 11) is -6.97. The van der Waals surface area contributed by atoms with E-state index in [-0.39, 0.29) is 4.90 Å². The first-order chi connectivity index (χ1) is 9.12. The molecule has 1 radical (unpaired) electrons. The van der Waals surface area contributed by atoms with Crippen LogP contribution >= 0.6 is 7.94 Å². The third kappa shape index (κ3) is 8.58. The molecule has 0 fully saturated rings. The van der Waals surface area contributed by atoms with Gasteiger partial charge in [-0.2, -0.15) is 8.42 Å². The molecule has 1 N–H and O–H groups in total. The van der Waals surface area contributed by atoms with Gasteiger partial charge < -0.3 is 0 Å². The number of rotatable bonds is 5. The van der Waals surface area contributed by atoms with Gasteiger partial charge in [0.05, 0.1) is 4.90 Å². The number of benzene rings is 1. The van der Waals surface area contributed by atoms with Crippen LogP contribution in [0.2, 0.25) is 0 Å². The summed E-state index contributed by atoms with van der Waals surface area (Å²) < 4.78 is 41.0. The van der Waals surface area contributed by atoms with Gasteiger partial charge >= 0.3 is 65.7 Å². The van der Waals surface area contributed by atoms with Gasteiger partial charge in [0.25, 0.3) is 0 Å². The zero-order valence-corrected chi connectivity index (χ0v) is 13.9. The Balaban J connectivity index is 0.000000370. The molecule has 0 amide bonds. The fourth-order valence-electron chi connectivity index (χ4n) is 1.28. The Labute approximate surface area is 121 Å². The minimum absolute atomic E-state index is 0.178. The molecule has 0 atom stereocenters. The van der Waals surface area contributed by atoms with Crippen molar-refractivity contribution in [2.45, 2.75) is 25.7 Å². The molecule has 0 aliphatic heterocycles. The Kier molecular flexibility index (Phi) is 8.42. The maximum absolute atomic E-state index is 10.4. The Morgan fingerprint density at radius 2 is 1.50 bits per heavy atom. The minimum Gasteiger partial charge on any atom is -0.192 e. The van der Waals surface area contributed by atoms with Gasteiger partial charge in [0.1, 0.15) is 0 Å². The van der Waals surface area contributed by atoms with E-state index in [1.165, 1.54) is 12.1 Å². The summed E-state index contributed by atoms with van der Waals surface area (Å²) in [6.07, 6.45) is 0. The van der Waals surface area contributed by atoms with Gasteiger partial charge in [-0.25, -0.2) is 0 Å². The normalized spacial score (nSPS) is 12.5. The Bertz CT molecular complexity index is 475. The molecule has 0 unspecified atom stereocenters. The second-order valence-electron chi connectivity index (χ2n) is 4.03. The van der Waals surface area contributed by atoms with Crippen LogP contribution in [0.4, 0.5) is 0 Å². The molecule has 0 heterocycles. The van der Waals surface area contributed by atoms with Crippen molar-refractivity contribution in [3.8, 4) is 0 Å². The molecule has 1 aromatic carbocycles. The number of hydrogen-bond acceptors (Lipinski definition) is 5. The number of hydrogen-bond donors (Lipinski definition) is 1. The largest absolute Gasteiger partial charge is 0.324 e. The quantitative estimate of drug-likeness (QED) is 0.838. The van der Waals surface area contributed by atoms with E-state index in [1.54, 1.807) is 18.8 Å². The van der Waals surface area contributed by atoms with E-state index in [9.17, 15) is 17.9 Å². The molecule has 1 rings (SSSR count). The van der Waals surface area contributed by atoms with Crippen LogP contribution in [-0.4, -0.2) is 33.2 Å². The molecular weight excluding hydrogens is 303 g/mol. The van der Waals surface area contributed by atoms with Gasteiger partial charge in [-0.3, -0.25) is 0 Å². The first-order valence-electron chi connectivity index (χ1n) is 6.15. The summed E-state index contributed by atoms with van der Waals surface area (Å²) in [5, 5.41) is 0. The van der Waals surface area contributed by atoms with Gasteiger partial charge in [-0.1, -0.05) is 22.2 Å². The van der Waals surface area contributed by atoms with E-state index in [2.05, 4.69) is 0 Å². The molecule has 8 heteroatoms. The van der Waals surface area contributed by atoms with E-state index < -0.39 is 18.1 Å². The fraction of sp³-hybridized carbons (Fsp3) is 0.500. The number of aryl methyl sites for hydroxylation is 1. The topological polar surface area (TPSA) is 92.7 Å². The Morgan fingerprint density at radius 3 is 1.80 bits per heavy atom. The summed E-state index contributed by atoms with van der Waals surface area (Å²) in [4.78, 5) is 9.03. The van der Waals surface area contributed by atoms with Gasteiger partial charge in [0.2, 0.25) is 0 Å². The smallest absolute Gasteiger partial charge is 0.192 e. The van der Waals surface area contributed by atoms with Crippen molar-refractivity contribution in [1.29, 1.82) is 0 Å². The van der Waals surface area contributed by atoms with E-state index in [0.717, 1.165) is 5.56 Å². The summed E-state index contributed by atoms with van der Waals surface area (Å²) in [5.74, 6) is 0. The first kappa shape index (κ1) is 19.4. The van der Waals surface area contributed by atoms with Crippen LogP contribution in [0.3, 0.4) is 0 Å². The van der Waals surface area contributed by atoms with Crippen LogP contribution in [-0.2, 0) is 23.7 Å². The molecule has 0 bridgehead atoms. The van der Waals surface area contributed by atoms with E-state index >= 15 is 0 Å². The van der Waals surface area contributed by atoms with Crippen LogP contribution in [0.5, 0.6) is 0 Å². The van der Waals surface area contributed by atoms with Crippen LogP contribution in [0.25, 0.3) is 0 Å². The average molecular weight is 325 g/mol. The standard InChI is InChI=1S/C7H7O3S.C5H15O3P/c1-6-2-4-7(5-3-6)11(8,9)10;1-4-7-9(3,6)8-5-2/h2-5H,1H3;6,9H,4-5H2,1-3H3. The van der Waals surface area contributed by atoms with Crippen LogP contribution < -0.4 is 0 Å². The van der Waals surface area contributed by atoms with Crippen LogP contribution in [0.1, 0.15) is 19.4 Å². The van der Waals surface area contributed by atoms with Crippen molar-refractivity contribution >= 4 is 18.1 Å². The Hall–Kier alpha value is -0.560. The third-order valence-electron chi connectivity index (χ3n) is 2.13. The van der Waals surface area contributed by atoms with Crippen molar-refractivity contribution in [3.05, 3.63) is 29.8 Å². The monoisotopic (exact) mass is 325 g/mol. The van der Waals surface area contributed by atoms with Crippen LogP contribution in [0, 0.1) is 6.92 Å². The summed E-state index contributed by atoms with van der Waals surface area (Å²) in [6, 6.07) is 5.78. The molecule has 0 spiro atoms. The maximum Gasteiger partial charge on any atom is 0.324 e. The molecule has 6 nitrogen and oxygen atoms in total. The summed E-state index contributed by atoms with van der Waals surface area (Å²) in [5.41, 5.74) is 0.928. The second-order valence-corrected chi connectivity index (χ2v) is 7.78. The van der Waals surface area contributed by atoms with E-state index in [0.29, 0.717) is 13.2 Å². The fourth-order valence-corrected chi connectivity index (χ4v) is 2.91. The average Bonchev–Trinajstić information content (AvgIpc) is 2.28. The van der Waals surface area contributed by atoms with Crippen molar-refractivity contribution < 1.29 is 26.9 Å². The molecule has 0 saturated heterocycles. The zero-order valence-electron chi connectivity index (χ0n) is 12.1. The summed E-state index contributed by atoms with van der Waals surface area (Å²) in [6.45, 7) is 8.13. The van der Waals surface area contributed by atoms with Crippen molar-refractivity contribution in [3.63, 3.8) is 0 Å². The molecule has 0 aromatic heterocycles. The van der Waals surface area contributed by atoms with Gasteiger partial charge in [-0.15, -0.1) is 0 Å². The molecule has 20 heavy (non-hydrogen) atoms. The second kappa shape index (κ2) is 8.67. The SMILES string of the molecule is CCO[PH](C)(O)OCC.Cc1ccc(S([O])(=O)=O)cc1. The maximum atomic E-state index is 10.4. The van der Waals surface area contributed by atoms with Crippen LogP contribution in [0.15, 0.2) is 29.2 Å². The molecule has 0 aliphatic rings. The van der Waals surface area contributed by atoms with Crippen molar-refractivity contribution in [1.82, 2.24) is 0 Å². The Morgan fingerprint density at radius 1 is 1.10 bits per heavy atom. The van der Waals surface area contributed by atoms with Crippen molar-refractivity contribution in [2.75, 3.05) is 19.9 Å². The molecule has 117 valence electrons. The van der Waals surface area contributed by atoms with E-state index in [1.807, 2.05) is 20.8 Å². The van der Waals surface area contributed by atoms with E-state index in [4.69, 9.17) is 9.05 Å². The zero-order chi connectivity index (χ0) is 15.8.